The van der Waals surface area contributed by atoms with Crippen LogP contribution in [0.2, 0.25) is 0 Å². The van der Waals surface area contributed by atoms with Crippen LogP contribution >= 0.6 is 0 Å². The molecule has 2 unspecified atom stereocenters. The second kappa shape index (κ2) is 10.2. The molecule has 0 aromatic rings. The molecule has 0 aromatic carbocycles. The molecule has 0 aliphatic rings. The Balaban J connectivity index is 3.60. The quantitative estimate of drug-likeness (QED) is 0.290. The van der Waals surface area contributed by atoms with Gasteiger partial charge in [-0.2, -0.15) is 0 Å². The lowest BCUT2D eigenvalue weighted by Crippen LogP contribution is -2.46. The minimum Gasteiger partial charge on any atom is -0.368 e. The molecule has 0 rings (SSSR count). The van der Waals surface area contributed by atoms with Gasteiger partial charge in [-0.3, -0.25) is 19.7 Å². The zero-order valence-electron chi connectivity index (χ0n) is 12.1. The van der Waals surface area contributed by atoms with Gasteiger partial charge >= 0.3 is 0 Å². The van der Waals surface area contributed by atoms with Crippen LogP contribution in [-0.4, -0.2) is 49.4 Å². The molecular weight excluding hydrogens is 262 g/mol. The van der Waals surface area contributed by atoms with Crippen LogP contribution in [0.1, 0.15) is 26.7 Å². The van der Waals surface area contributed by atoms with Crippen LogP contribution in [-0.2, 0) is 14.4 Å². The van der Waals surface area contributed by atoms with Crippen LogP contribution in [0.3, 0.4) is 0 Å². The summed E-state index contributed by atoms with van der Waals surface area (Å²) < 4.78 is 0. The Morgan fingerprint density at radius 3 is 2.25 bits per heavy atom. The third-order valence-electron chi connectivity index (χ3n) is 2.53. The average molecular weight is 287 g/mol. The molecule has 8 heteroatoms. The number of nitrogens with one attached hydrogen (secondary N) is 3. The maximum absolute atomic E-state index is 11.4. The van der Waals surface area contributed by atoms with Crippen molar-refractivity contribution >= 4 is 17.7 Å². The van der Waals surface area contributed by atoms with E-state index in [-0.39, 0.29) is 30.9 Å². The number of hydrogen-bond donors (Lipinski definition) is 5. The molecule has 8 nitrogen and oxygen atoms in total. The molecule has 7 N–H and O–H groups in total. The molecular formula is C12H25N5O3. The first-order valence-electron chi connectivity index (χ1n) is 6.64. The number of primary amides is 1. The van der Waals surface area contributed by atoms with E-state index in [4.69, 9.17) is 11.5 Å². The van der Waals surface area contributed by atoms with Crippen molar-refractivity contribution in [1.82, 2.24) is 16.0 Å². The second-order valence-corrected chi connectivity index (χ2v) is 4.76. The summed E-state index contributed by atoms with van der Waals surface area (Å²) in [5, 5.41) is 7.78. The van der Waals surface area contributed by atoms with E-state index in [0.717, 1.165) is 12.8 Å². The molecule has 3 amide bonds. The summed E-state index contributed by atoms with van der Waals surface area (Å²) in [4.78, 5) is 33.5. The van der Waals surface area contributed by atoms with E-state index in [0.29, 0.717) is 6.54 Å². The standard InChI is InChI=1S/C12H25N5O3/c1-8(13)4-3-5-16-10(18)6-15-7-11(19)17-9(2)12(14)20/h8-9,15H,3-7,13H2,1-2H3,(H2,14,20)(H,16,18)(H,17,19). The van der Waals surface area contributed by atoms with Crippen molar-refractivity contribution in [1.29, 1.82) is 0 Å². The van der Waals surface area contributed by atoms with Gasteiger partial charge in [0.1, 0.15) is 6.04 Å². The van der Waals surface area contributed by atoms with E-state index in [9.17, 15) is 14.4 Å². The molecule has 0 heterocycles. The predicted octanol–water partition coefficient (Wildman–Crippen LogP) is -2.19. The normalized spacial score (nSPS) is 13.3. The molecule has 2 atom stereocenters. The maximum Gasteiger partial charge on any atom is 0.239 e. The van der Waals surface area contributed by atoms with E-state index in [1.54, 1.807) is 0 Å². The first-order chi connectivity index (χ1) is 9.32. The van der Waals surface area contributed by atoms with Crippen molar-refractivity contribution in [3.8, 4) is 0 Å². The van der Waals surface area contributed by atoms with Crippen molar-refractivity contribution in [3.63, 3.8) is 0 Å². The van der Waals surface area contributed by atoms with Crippen LogP contribution in [0, 0.1) is 0 Å². The fourth-order valence-electron chi connectivity index (χ4n) is 1.37. The summed E-state index contributed by atoms with van der Waals surface area (Å²) in [6.07, 6.45) is 1.67. The zero-order valence-corrected chi connectivity index (χ0v) is 12.1. The van der Waals surface area contributed by atoms with Gasteiger partial charge in [-0.1, -0.05) is 0 Å². The molecule has 0 bridgehead atoms. The van der Waals surface area contributed by atoms with Gasteiger partial charge < -0.3 is 22.1 Å². The molecule has 0 aliphatic carbocycles. The molecule has 0 aromatic heterocycles. The highest BCUT2D eigenvalue weighted by molar-refractivity contribution is 5.87. The van der Waals surface area contributed by atoms with Crippen molar-refractivity contribution in [2.24, 2.45) is 11.5 Å². The van der Waals surface area contributed by atoms with Gasteiger partial charge in [0.05, 0.1) is 13.1 Å². The zero-order chi connectivity index (χ0) is 15.5. The van der Waals surface area contributed by atoms with Gasteiger partial charge in [-0.05, 0) is 26.7 Å². The lowest BCUT2D eigenvalue weighted by atomic mass is 10.2. The Hall–Kier alpha value is -1.67. The van der Waals surface area contributed by atoms with E-state index in [1.165, 1.54) is 6.92 Å². The predicted molar refractivity (Wildman–Crippen MR) is 75.6 cm³/mol. The molecule has 0 spiro atoms. The number of rotatable bonds is 10. The van der Waals surface area contributed by atoms with E-state index >= 15 is 0 Å². The van der Waals surface area contributed by atoms with Gasteiger partial charge in [-0.15, -0.1) is 0 Å². The first-order valence-corrected chi connectivity index (χ1v) is 6.64. The average Bonchev–Trinajstić information content (AvgIpc) is 2.34. The fourth-order valence-corrected chi connectivity index (χ4v) is 1.37. The summed E-state index contributed by atoms with van der Waals surface area (Å²) in [6.45, 7) is 3.95. The second-order valence-electron chi connectivity index (χ2n) is 4.76. The summed E-state index contributed by atoms with van der Waals surface area (Å²) in [5.74, 6) is -1.18. The van der Waals surface area contributed by atoms with E-state index in [2.05, 4.69) is 16.0 Å². The molecule has 0 saturated carbocycles. The Morgan fingerprint density at radius 1 is 1.10 bits per heavy atom. The lowest BCUT2D eigenvalue weighted by molar-refractivity contribution is -0.126. The van der Waals surface area contributed by atoms with Gasteiger partial charge in [0.15, 0.2) is 0 Å². The maximum atomic E-state index is 11.4. The topological polar surface area (TPSA) is 139 Å². The Morgan fingerprint density at radius 2 is 1.70 bits per heavy atom. The largest absolute Gasteiger partial charge is 0.368 e. The summed E-state index contributed by atoms with van der Waals surface area (Å²) >= 11 is 0. The number of nitrogens with two attached hydrogens (primary N) is 2. The van der Waals surface area contributed by atoms with Crippen LogP contribution in [0.4, 0.5) is 0 Å². The van der Waals surface area contributed by atoms with Crippen molar-refractivity contribution in [2.45, 2.75) is 38.8 Å². The Kier molecular flexibility index (Phi) is 9.31. The number of carbonyl (C=O) groups excluding carboxylic acids is 3. The Labute approximate surface area is 119 Å². The highest BCUT2D eigenvalue weighted by atomic mass is 16.2. The van der Waals surface area contributed by atoms with Crippen LogP contribution in [0.15, 0.2) is 0 Å². The lowest BCUT2D eigenvalue weighted by Gasteiger charge is -2.11. The molecule has 0 radical (unpaired) electrons. The van der Waals surface area contributed by atoms with Gasteiger partial charge in [0.2, 0.25) is 17.7 Å². The monoisotopic (exact) mass is 287 g/mol. The third-order valence-corrected chi connectivity index (χ3v) is 2.53. The summed E-state index contributed by atoms with van der Waals surface area (Å²) in [6, 6.07) is -0.600. The van der Waals surface area contributed by atoms with Crippen LogP contribution in [0.5, 0.6) is 0 Å². The molecule has 0 fully saturated rings. The fraction of sp³-hybridized carbons (Fsp3) is 0.750. The number of carbonyl (C=O) groups is 3. The molecule has 0 aliphatic heterocycles. The van der Waals surface area contributed by atoms with E-state index in [1.807, 2.05) is 6.92 Å². The van der Waals surface area contributed by atoms with Gasteiger partial charge in [0.25, 0.3) is 0 Å². The van der Waals surface area contributed by atoms with E-state index < -0.39 is 11.9 Å². The van der Waals surface area contributed by atoms with Gasteiger partial charge in [-0.25, -0.2) is 0 Å². The van der Waals surface area contributed by atoms with Crippen molar-refractivity contribution < 1.29 is 14.4 Å². The van der Waals surface area contributed by atoms with Crippen LogP contribution in [0.25, 0.3) is 0 Å². The Bertz CT molecular complexity index is 333. The molecule has 116 valence electrons. The molecule has 0 saturated heterocycles. The smallest absolute Gasteiger partial charge is 0.239 e. The first kappa shape index (κ1) is 18.3. The summed E-state index contributed by atoms with van der Waals surface area (Å²) in [5.41, 5.74) is 10.6. The minimum atomic E-state index is -0.726. The number of amides is 3. The highest BCUT2D eigenvalue weighted by Crippen LogP contribution is 1.90. The third kappa shape index (κ3) is 10.3. The van der Waals surface area contributed by atoms with Crippen molar-refractivity contribution in [2.75, 3.05) is 19.6 Å². The number of hydrogen-bond acceptors (Lipinski definition) is 5. The SMILES string of the molecule is CC(N)CCCNC(=O)CNCC(=O)NC(C)C(N)=O. The molecule has 20 heavy (non-hydrogen) atoms. The minimum absolute atomic E-state index is 0.0382. The summed E-state index contributed by atoms with van der Waals surface area (Å²) in [7, 11) is 0. The highest BCUT2D eigenvalue weighted by Gasteiger charge is 2.11. The van der Waals surface area contributed by atoms with Crippen LogP contribution < -0.4 is 27.4 Å². The van der Waals surface area contributed by atoms with Crippen molar-refractivity contribution in [3.05, 3.63) is 0 Å². The van der Waals surface area contributed by atoms with Gasteiger partial charge in [0, 0.05) is 12.6 Å².